The van der Waals surface area contributed by atoms with E-state index in [0.717, 1.165) is 6.92 Å². The number of hydrogen-bond acceptors (Lipinski definition) is 2. The summed E-state index contributed by atoms with van der Waals surface area (Å²) in [4.78, 5) is 24.1. The van der Waals surface area contributed by atoms with E-state index in [-0.39, 0.29) is 18.2 Å². The van der Waals surface area contributed by atoms with Crippen molar-refractivity contribution < 1.29 is 66.7 Å². The van der Waals surface area contributed by atoms with Crippen LogP contribution < -0.4 is 10.6 Å². The van der Waals surface area contributed by atoms with E-state index in [2.05, 4.69) is 0 Å². The van der Waals surface area contributed by atoms with Crippen LogP contribution >= 0.6 is 23.2 Å². The Hall–Kier alpha value is -3.21. The summed E-state index contributed by atoms with van der Waals surface area (Å²) in [6.07, 6.45) is -21.4. The Morgan fingerprint density at radius 3 is 1.91 bits per heavy atom. The molecule has 0 saturated heterocycles. The van der Waals surface area contributed by atoms with E-state index in [1.165, 1.54) is 5.32 Å². The molecular formula is C24H15Cl2F13N2O2. The van der Waals surface area contributed by atoms with Gasteiger partial charge in [-0.2, -0.15) is 52.7 Å². The molecule has 2 atom stereocenters. The number of carbonyl (C=O) groups is 2. The fraction of sp³-hybridized carbons (Fsp3) is 0.333. The van der Waals surface area contributed by atoms with E-state index >= 15 is 0 Å². The molecule has 2 amide bonds. The van der Waals surface area contributed by atoms with Gasteiger partial charge in [0.05, 0.1) is 26.7 Å². The molecule has 0 aliphatic rings. The Balaban J connectivity index is 2.52. The summed E-state index contributed by atoms with van der Waals surface area (Å²) in [6, 6.07) is -0.845. The molecule has 1 unspecified atom stereocenters. The number of allylic oxidation sites excluding steroid dienone is 1. The fourth-order valence-electron chi connectivity index (χ4n) is 3.42. The quantitative estimate of drug-likeness (QED) is 0.288. The summed E-state index contributed by atoms with van der Waals surface area (Å²) in [5, 5.41) is 0.951. The lowest BCUT2D eigenvalue weighted by Crippen LogP contribution is -2.47. The minimum Gasteiger partial charge on any atom is -0.345 e. The van der Waals surface area contributed by atoms with Crippen LogP contribution in [0.15, 0.2) is 36.4 Å². The molecule has 0 spiro atoms. The van der Waals surface area contributed by atoms with Crippen molar-refractivity contribution in [3.63, 3.8) is 0 Å². The van der Waals surface area contributed by atoms with Crippen molar-refractivity contribution in [3.8, 4) is 0 Å². The van der Waals surface area contributed by atoms with E-state index in [9.17, 15) is 66.7 Å². The monoisotopic (exact) mass is 680 g/mol. The highest BCUT2D eigenvalue weighted by molar-refractivity contribution is 6.42. The van der Waals surface area contributed by atoms with E-state index in [0.29, 0.717) is 18.2 Å². The summed E-state index contributed by atoms with van der Waals surface area (Å²) in [7, 11) is 0. The lowest BCUT2D eigenvalue weighted by molar-refractivity contribution is -0.142. The van der Waals surface area contributed by atoms with Gasteiger partial charge in [0.1, 0.15) is 24.3 Å². The van der Waals surface area contributed by atoms with Gasteiger partial charge >= 0.3 is 24.7 Å². The van der Waals surface area contributed by atoms with Gasteiger partial charge in [-0.1, -0.05) is 29.3 Å². The first-order chi connectivity index (χ1) is 19.3. The number of carbonyl (C=O) groups excluding carboxylic acids is 2. The Labute approximate surface area is 242 Å². The van der Waals surface area contributed by atoms with Crippen LogP contribution in [0.3, 0.4) is 0 Å². The molecule has 0 bridgehead atoms. The van der Waals surface area contributed by atoms with Crippen molar-refractivity contribution in [2.24, 2.45) is 0 Å². The third kappa shape index (κ3) is 9.64. The second kappa shape index (κ2) is 12.8. The first kappa shape index (κ1) is 36.0. The Kier molecular flexibility index (Phi) is 10.7. The predicted molar refractivity (Wildman–Crippen MR) is 127 cm³/mol. The molecule has 2 rings (SSSR count). The molecule has 0 aliphatic carbocycles. The molecule has 0 heterocycles. The lowest BCUT2D eigenvalue weighted by atomic mass is 9.94. The molecular weight excluding hydrogens is 666 g/mol. The summed E-state index contributed by atoms with van der Waals surface area (Å²) >= 11 is 11.0. The van der Waals surface area contributed by atoms with Crippen molar-refractivity contribution in [2.45, 2.75) is 43.6 Å². The maximum Gasteiger partial charge on any atom is 0.417 e. The highest BCUT2D eigenvalue weighted by Crippen LogP contribution is 2.45. The zero-order valence-electron chi connectivity index (χ0n) is 20.8. The van der Waals surface area contributed by atoms with Crippen LogP contribution in [0, 0.1) is 0 Å². The molecule has 0 aliphatic heterocycles. The van der Waals surface area contributed by atoms with Gasteiger partial charge in [-0.3, -0.25) is 9.59 Å². The van der Waals surface area contributed by atoms with Crippen molar-refractivity contribution >= 4 is 40.8 Å². The second-order valence-electron chi connectivity index (χ2n) is 8.68. The van der Waals surface area contributed by atoms with E-state index in [1.54, 1.807) is 5.32 Å². The Bertz CT molecular complexity index is 1400. The van der Waals surface area contributed by atoms with Crippen LogP contribution in [-0.4, -0.2) is 36.8 Å². The van der Waals surface area contributed by atoms with E-state index in [1.807, 2.05) is 0 Å². The SMILES string of the molecule is C[C@@H](NC(=O)c1ccc(/C(F)=C/C(c2cc(Cl)c(Cl)c(C(F)(F)F)c2)C(F)(F)F)cc1C(F)(F)F)C(=O)NCC(F)(F)F. The lowest BCUT2D eigenvalue weighted by Gasteiger charge is -2.21. The highest BCUT2D eigenvalue weighted by atomic mass is 35.5. The zero-order valence-corrected chi connectivity index (χ0v) is 22.3. The minimum absolute atomic E-state index is 0.0588. The van der Waals surface area contributed by atoms with Gasteiger partial charge in [0.25, 0.3) is 5.91 Å². The van der Waals surface area contributed by atoms with Crippen LogP contribution in [0.25, 0.3) is 5.83 Å². The van der Waals surface area contributed by atoms with Gasteiger partial charge in [-0.25, -0.2) is 4.39 Å². The zero-order chi connectivity index (χ0) is 33.3. The van der Waals surface area contributed by atoms with Crippen molar-refractivity contribution in [1.29, 1.82) is 0 Å². The maximum atomic E-state index is 15.0. The average Bonchev–Trinajstić information content (AvgIpc) is 2.84. The second-order valence-corrected chi connectivity index (χ2v) is 9.47. The molecule has 238 valence electrons. The molecule has 2 aromatic rings. The largest absolute Gasteiger partial charge is 0.417 e. The first-order valence-corrected chi connectivity index (χ1v) is 12.0. The molecule has 0 fully saturated rings. The van der Waals surface area contributed by atoms with Gasteiger partial charge in [0.2, 0.25) is 5.91 Å². The van der Waals surface area contributed by atoms with E-state index in [4.69, 9.17) is 23.2 Å². The summed E-state index contributed by atoms with van der Waals surface area (Å²) in [5.74, 6) is -8.27. The van der Waals surface area contributed by atoms with Gasteiger partial charge in [-0.15, -0.1) is 0 Å². The number of halogens is 15. The Morgan fingerprint density at radius 1 is 0.860 bits per heavy atom. The van der Waals surface area contributed by atoms with Crippen molar-refractivity contribution in [2.75, 3.05) is 6.54 Å². The molecule has 0 radical (unpaired) electrons. The molecule has 0 aromatic heterocycles. The highest BCUT2D eigenvalue weighted by Gasteiger charge is 2.43. The van der Waals surface area contributed by atoms with Crippen LogP contribution in [0.1, 0.15) is 45.5 Å². The molecule has 4 nitrogen and oxygen atoms in total. The molecule has 43 heavy (non-hydrogen) atoms. The van der Waals surface area contributed by atoms with Crippen molar-refractivity contribution in [3.05, 3.63) is 74.3 Å². The molecule has 2 aromatic carbocycles. The predicted octanol–water partition coefficient (Wildman–Crippen LogP) is 8.48. The fourth-order valence-corrected chi connectivity index (χ4v) is 3.87. The van der Waals surface area contributed by atoms with Gasteiger partial charge in [0.15, 0.2) is 0 Å². The number of nitrogens with one attached hydrogen (secondary N) is 2. The van der Waals surface area contributed by atoms with Gasteiger partial charge in [0, 0.05) is 5.56 Å². The molecule has 2 N–H and O–H groups in total. The maximum absolute atomic E-state index is 15.0. The van der Waals surface area contributed by atoms with E-state index < -0.39 is 98.7 Å². The van der Waals surface area contributed by atoms with Crippen LogP contribution in [0.2, 0.25) is 10.0 Å². The number of rotatable bonds is 7. The summed E-state index contributed by atoms with van der Waals surface area (Å²) in [6.45, 7) is -0.989. The van der Waals surface area contributed by atoms with Gasteiger partial charge in [-0.05, 0) is 42.8 Å². The average molecular weight is 681 g/mol. The number of alkyl halides is 12. The smallest absolute Gasteiger partial charge is 0.345 e. The van der Waals surface area contributed by atoms with Crippen molar-refractivity contribution in [1.82, 2.24) is 10.6 Å². The summed E-state index contributed by atoms with van der Waals surface area (Å²) < 4.78 is 174. The molecule has 0 saturated carbocycles. The Morgan fingerprint density at radius 2 is 1.42 bits per heavy atom. The number of benzene rings is 2. The topological polar surface area (TPSA) is 58.2 Å². The molecule has 19 heteroatoms. The van der Waals surface area contributed by atoms with Crippen LogP contribution in [-0.2, 0) is 17.1 Å². The number of hydrogen-bond donors (Lipinski definition) is 2. The third-order valence-corrected chi connectivity index (χ3v) is 6.23. The van der Waals surface area contributed by atoms with Gasteiger partial charge < -0.3 is 10.6 Å². The summed E-state index contributed by atoms with van der Waals surface area (Å²) in [5.41, 5.74) is -7.45. The normalized spacial score (nSPS) is 14.7. The van der Waals surface area contributed by atoms with Crippen LogP contribution in [0.5, 0.6) is 0 Å². The van der Waals surface area contributed by atoms with Crippen LogP contribution in [0.4, 0.5) is 57.1 Å². The first-order valence-electron chi connectivity index (χ1n) is 11.2. The standard InChI is InChI=1S/C24H15Cl2F13N2O2/c1-9(19(42)40-8-21(28,29)30)41-20(43)12-3-2-10(4-14(12)23(34,35)36)17(27)7-13(22(31,32)33)11-5-15(24(37,38)39)18(26)16(25)6-11/h2-7,9,13H,8H2,1H3,(H,40,42)(H,41,43)/b17-7-/t9-,13?/m1/s1. The minimum atomic E-state index is -5.49. The third-order valence-electron chi connectivity index (χ3n) is 5.43. The number of amides is 2.